The summed E-state index contributed by atoms with van der Waals surface area (Å²) in [5.74, 6) is -0.118. The molecule has 4 nitrogen and oxygen atoms in total. The van der Waals surface area contributed by atoms with E-state index in [9.17, 15) is 8.42 Å². The second kappa shape index (κ2) is 7.79. The molecule has 0 bridgehead atoms. The minimum Gasteiger partial charge on any atom is -0.303 e. The van der Waals surface area contributed by atoms with Gasteiger partial charge in [-0.25, -0.2) is 13.1 Å². The van der Waals surface area contributed by atoms with Crippen LogP contribution in [0.25, 0.3) is 0 Å². The summed E-state index contributed by atoms with van der Waals surface area (Å²) < 4.78 is 26.7. The van der Waals surface area contributed by atoms with Gasteiger partial charge < -0.3 is 4.90 Å². The summed E-state index contributed by atoms with van der Waals surface area (Å²) in [6, 6.07) is 4.85. The van der Waals surface area contributed by atoms with E-state index >= 15 is 0 Å². The van der Waals surface area contributed by atoms with Crippen molar-refractivity contribution in [3.05, 3.63) is 33.8 Å². The molecule has 118 valence electrons. The van der Waals surface area contributed by atoms with Crippen LogP contribution in [0.1, 0.15) is 24.8 Å². The lowest BCUT2D eigenvalue weighted by atomic mass is 10.2. The Morgan fingerprint density at radius 3 is 2.57 bits per heavy atom. The van der Waals surface area contributed by atoms with Crippen LogP contribution in [0.4, 0.5) is 0 Å². The molecule has 0 amide bonds. The van der Waals surface area contributed by atoms with Crippen LogP contribution in [-0.4, -0.2) is 39.5 Å². The minimum atomic E-state index is -3.36. The van der Waals surface area contributed by atoms with Crippen LogP contribution in [-0.2, 0) is 15.8 Å². The standard InChI is InChI=1S/C14H20Cl2N2O2S/c15-13-5-4-12(14(16)10-13)11-21(19,20)17-6-3-9-18-7-1-2-8-18/h4-5,10,17H,1-3,6-9,11H2. The number of likely N-dealkylation sites (tertiary alicyclic amines) is 1. The van der Waals surface area contributed by atoms with Crippen molar-refractivity contribution in [3.63, 3.8) is 0 Å². The number of sulfonamides is 1. The van der Waals surface area contributed by atoms with E-state index in [-0.39, 0.29) is 5.75 Å². The second-order valence-corrected chi connectivity index (χ2v) is 7.94. The smallest absolute Gasteiger partial charge is 0.215 e. The maximum atomic E-state index is 12.0. The maximum Gasteiger partial charge on any atom is 0.215 e. The molecule has 1 aromatic carbocycles. The molecule has 2 rings (SSSR count). The number of halogens is 2. The van der Waals surface area contributed by atoms with Gasteiger partial charge in [-0.2, -0.15) is 0 Å². The first-order valence-corrected chi connectivity index (χ1v) is 9.51. The third-order valence-electron chi connectivity index (χ3n) is 3.53. The molecule has 1 aliphatic heterocycles. The summed E-state index contributed by atoms with van der Waals surface area (Å²) in [6.45, 7) is 3.68. The molecular weight excluding hydrogens is 331 g/mol. The highest BCUT2D eigenvalue weighted by atomic mass is 35.5. The van der Waals surface area contributed by atoms with E-state index in [1.807, 2.05) is 0 Å². The number of rotatable bonds is 7. The fourth-order valence-corrected chi connectivity index (χ4v) is 4.20. The molecule has 1 aliphatic rings. The molecule has 1 heterocycles. The maximum absolute atomic E-state index is 12.0. The van der Waals surface area contributed by atoms with E-state index in [1.165, 1.54) is 12.8 Å². The Bertz CT molecular complexity index is 572. The van der Waals surface area contributed by atoms with E-state index in [0.717, 1.165) is 26.1 Å². The first-order chi connectivity index (χ1) is 9.96. The molecule has 1 aromatic rings. The van der Waals surface area contributed by atoms with Crippen molar-refractivity contribution >= 4 is 33.2 Å². The number of nitrogens with zero attached hydrogens (tertiary/aromatic N) is 1. The molecular formula is C14H20Cl2N2O2S. The number of nitrogens with one attached hydrogen (secondary N) is 1. The normalized spacial score (nSPS) is 16.5. The van der Waals surface area contributed by atoms with Crippen molar-refractivity contribution in [2.75, 3.05) is 26.2 Å². The average molecular weight is 351 g/mol. The fraction of sp³-hybridized carbons (Fsp3) is 0.571. The van der Waals surface area contributed by atoms with Gasteiger partial charge in [0.05, 0.1) is 5.75 Å². The van der Waals surface area contributed by atoms with Crippen molar-refractivity contribution in [1.82, 2.24) is 9.62 Å². The van der Waals surface area contributed by atoms with Crippen LogP contribution in [0.15, 0.2) is 18.2 Å². The van der Waals surface area contributed by atoms with Gasteiger partial charge in [-0.05, 0) is 56.6 Å². The van der Waals surface area contributed by atoms with Crippen molar-refractivity contribution < 1.29 is 8.42 Å². The first kappa shape index (κ1) is 17.0. The zero-order valence-corrected chi connectivity index (χ0v) is 14.1. The zero-order valence-electron chi connectivity index (χ0n) is 11.8. The Hall–Kier alpha value is -0.330. The van der Waals surface area contributed by atoms with E-state index < -0.39 is 10.0 Å². The molecule has 0 aromatic heterocycles. The Morgan fingerprint density at radius 2 is 1.90 bits per heavy atom. The Kier molecular flexibility index (Phi) is 6.32. The van der Waals surface area contributed by atoms with Crippen LogP contribution < -0.4 is 4.72 Å². The molecule has 0 radical (unpaired) electrons. The monoisotopic (exact) mass is 350 g/mol. The van der Waals surface area contributed by atoms with Gasteiger partial charge in [0.1, 0.15) is 0 Å². The molecule has 21 heavy (non-hydrogen) atoms. The van der Waals surface area contributed by atoms with Crippen molar-refractivity contribution in [2.24, 2.45) is 0 Å². The van der Waals surface area contributed by atoms with Crippen LogP contribution in [0.5, 0.6) is 0 Å². The molecule has 0 saturated carbocycles. The largest absolute Gasteiger partial charge is 0.303 e. The summed E-state index contributed by atoms with van der Waals surface area (Å²) in [6.07, 6.45) is 3.33. The van der Waals surface area contributed by atoms with Gasteiger partial charge in [0.2, 0.25) is 10.0 Å². The van der Waals surface area contributed by atoms with Crippen molar-refractivity contribution in [3.8, 4) is 0 Å². The Morgan fingerprint density at radius 1 is 1.19 bits per heavy atom. The molecule has 7 heteroatoms. The highest BCUT2D eigenvalue weighted by Gasteiger charge is 2.15. The second-order valence-electron chi connectivity index (χ2n) is 5.29. The molecule has 1 fully saturated rings. The summed E-state index contributed by atoms with van der Waals surface area (Å²) in [4.78, 5) is 2.37. The first-order valence-electron chi connectivity index (χ1n) is 7.10. The predicted molar refractivity (Wildman–Crippen MR) is 87.4 cm³/mol. The lowest BCUT2D eigenvalue weighted by molar-refractivity contribution is 0.334. The third-order valence-corrected chi connectivity index (χ3v) is 5.45. The van der Waals surface area contributed by atoms with E-state index in [0.29, 0.717) is 22.2 Å². The van der Waals surface area contributed by atoms with Gasteiger partial charge in [-0.3, -0.25) is 0 Å². The van der Waals surface area contributed by atoms with E-state index in [2.05, 4.69) is 9.62 Å². The summed E-state index contributed by atoms with van der Waals surface area (Å²) in [5, 5.41) is 0.879. The highest BCUT2D eigenvalue weighted by Crippen LogP contribution is 2.22. The lowest BCUT2D eigenvalue weighted by Gasteiger charge is -2.14. The van der Waals surface area contributed by atoms with E-state index in [4.69, 9.17) is 23.2 Å². The summed E-state index contributed by atoms with van der Waals surface area (Å²) in [5.41, 5.74) is 0.563. The number of hydrogen-bond donors (Lipinski definition) is 1. The lowest BCUT2D eigenvalue weighted by Crippen LogP contribution is -2.29. The van der Waals surface area contributed by atoms with Crippen LogP contribution >= 0.6 is 23.2 Å². The molecule has 0 aliphatic carbocycles. The highest BCUT2D eigenvalue weighted by molar-refractivity contribution is 7.88. The van der Waals surface area contributed by atoms with Crippen molar-refractivity contribution in [2.45, 2.75) is 25.0 Å². The van der Waals surface area contributed by atoms with Gasteiger partial charge in [0, 0.05) is 16.6 Å². The van der Waals surface area contributed by atoms with Crippen molar-refractivity contribution in [1.29, 1.82) is 0 Å². The Labute approximate surface area is 136 Å². The Balaban J connectivity index is 1.78. The van der Waals surface area contributed by atoms with E-state index in [1.54, 1.807) is 18.2 Å². The number of hydrogen-bond acceptors (Lipinski definition) is 3. The predicted octanol–water partition coefficient (Wildman–Crippen LogP) is 2.90. The summed E-state index contributed by atoms with van der Waals surface area (Å²) in [7, 11) is -3.36. The van der Waals surface area contributed by atoms with Crippen LogP contribution in [0.3, 0.4) is 0 Å². The van der Waals surface area contributed by atoms with Gasteiger partial charge in [-0.15, -0.1) is 0 Å². The molecule has 0 unspecified atom stereocenters. The van der Waals surface area contributed by atoms with Gasteiger partial charge in [0.25, 0.3) is 0 Å². The van der Waals surface area contributed by atoms with Gasteiger partial charge in [0.15, 0.2) is 0 Å². The topological polar surface area (TPSA) is 49.4 Å². The average Bonchev–Trinajstić information content (AvgIpc) is 2.91. The summed E-state index contributed by atoms with van der Waals surface area (Å²) >= 11 is 11.8. The zero-order chi connectivity index (χ0) is 15.3. The molecule has 1 saturated heterocycles. The van der Waals surface area contributed by atoms with Gasteiger partial charge in [-0.1, -0.05) is 29.3 Å². The quantitative estimate of drug-likeness (QED) is 0.769. The van der Waals surface area contributed by atoms with Crippen LogP contribution in [0.2, 0.25) is 10.0 Å². The molecule has 0 spiro atoms. The molecule has 1 N–H and O–H groups in total. The number of benzene rings is 1. The SMILES string of the molecule is O=S(=O)(Cc1ccc(Cl)cc1Cl)NCCCN1CCCC1. The minimum absolute atomic E-state index is 0.118. The van der Waals surface area contributed by atoms with Crippen LogP contribution in [0, 0.1) is 0 Å². The molecule has 0 atom stereocenters. The fourth-order valence-electron chi connectivity index (χ4n) is 2.43. The third kappa shape index (κ3) is 5.75. The van der Waals surface area contributed by atoms with Gasteiger partial charge >= 0.3 is 0 Å².